The summed E-state index contributed by atoms with van der Waals surface area (Å²) in [6.45, 7) is 4.28. The number of esters is 1. The number of rotatable bonds is 10. The molecule has 5 heteroatoms. The Bertz CT molecular complexity index is 171. The van der Waals surface area contributed by atoms with Gasteiger partial charge in [-0.1, -0.05) is 6.92 Å². The zero-order chi connectivity index (χ0) is 12.2. The molecule has 0 aromatic heterocycles. The maximum Gasteiger partial charge on any atom is 0.310 e. The van der Waals surface area contributed by atoms with Crippen molar-refractivity contribution in [1.82, 2.24) is 0 Å². The van der Waals surface area contributed by atoms with Gasteiger partial charge in [0.1, 0.15) is 6.61 Å². The highest BCUT2D eigenvalue weighted by Gasteiger charge is 2.15. The van der Waals surface area contributed by atoms with Gasteiger partial charge >= 0.3 is 5.97 Å². The molecule has 0 heterocycles. The van der Waals surface area contributed by atoms with Gasteiger partial charge in [0.2, 0.25) is 0 Å². The molecule has 1 unspecified atom stereocenters. The Morgan fingerprint density at radius 3 is 2.56 bits per heavy atom. The molecule has 16 heavy (non-hydrogen) atoms. The molecule has 0 fully saturated rings. The van der Waals surface area contributed by atoms with E-state index in [1.807, 2.05) is 6.92 Å². The number of carbonyl (C=O) groups excluding carboxylic acids is 1. The van der Waals surface area contributed by atoms with E-state index in [1.165, 1.54) is 0 Å². The van der Waals surface area contributed by atoms with Crippen LogP contribution in [0, 0.1) is 5.92 Å². The lowest BCUT2D eigenvalue weighted by Crippen LogP contribution is -2.26. The van der Waals surface area contributed by atoms with Gasteiger partial charge in [0.15, 0.2) is 0 Å². The van der Waals surface area contributed by atoms with E-state index in [0.717, 1.165) is 6.42 Å². The van der Waals surface area contributed by atoms with Crippen molar-refractivity contribution in [3.8, 4) is 0 Å². The van der Waals surface area contributed by atoms with Crippen molar-refractivity contribution in [3.63, 3.8) is 0 Å². The lowest BCUT2D eigenvalue weighted by Gasteiger charge is -2.11. The first kappa shape index (κ1) is 15.3. The fraction of sp³-hybridized carbons (Fsp3) is 0.909. The zero-order valence-electron chi connectivity index (χ0n) is 10.2. The van der Waals surface area contributed by atoms with Gasteiger partial charge in [-0.25, -0.2) is 0 Å². The Morgan fingerprint density at radius 2 is 2.00 bits per heavy atom. The normalized spacial score (nSPS) is 12.4. The summed E-state index contributed by atoms with van der Waals surface area (Å²) in [6, 6.07) is 0. The largest absolute Gasteiger partial charge is 0.463 e. The van der Waals surface area contributed by atoms with E-state index >= 15 is 0 Å². The number of ether oxygens (including phenoxy) is 3. The van der Waals surface area contributed by atoms with Crippen molar-refractivity contribution >= 4 is 5.97 Å². The lowest BCUT2D eigenvalue weighted by molar-refractivity contribution is -0.149. The Morgan fingerprint density at radius 1 is 1.25 bits per heavy atom. The third-order valence-corrected chi connectivity index (χ3v) is 2.22. The first-order valence-corrected chi connectivity index (χ1v) is 5.69. The van der Waals surface area contributed by atoms with E-state index in [0.29, 0.717) is 39.4 Å². The molecule has 0 aromatic rings. The fourth-order valence-electron chi connectivity index (χ4n) is 1.16. The third-order valence-electron chi connectivity index (χ3n) is 2.22. The van der Waals surface area contributed by atoms with Gasteiger partial charge in [-0.2, -0.15) is 0 Å². The van der Waals surface area contributed by atoms with Gasteiger partial charge in [0, 0.05) is 26.9 Å². The van der Waals surface area contributed by atoms with Crippen LogP contribution in [0.15, 0.2) is 0 Å². The molecule has 0 saturated heterocycles. The standard InChI is InChI=1S/C11H23NO4/c1-3-10(9-12)11(13)16-8-7-15-6-4-5-14-2/h10H,3-9,12H2,1-2H3. The molecule has 0 aliphatic heterocycles. The van der Waals surface area contributed by atoms with Crippen molar-refractivity contribution in [2.75, 3.05) is 40.1 Å². The van der Waals surface area contributed by atoms with E-state index in [2.05, 4.69) is 0 Å². The van der Waals surface area contributed by atoms with E-state index in [-0.39, 0.29) is 11.9 Å². The maximum absolute atomic E-state index is 11.4. The summed E-state index contributed by atoms with van der Waals surface area (Å²) in [5.74, 6) is -0.418. The van der Waals surface area contributed by atoms with Crippen molar-refractivity contribution in [1.29, 1.82) is 0 Å². The van der Waals surface area contributed by atoms with E-state index < -0.39 is 0 Å². The van der Waals surface area contributed by atoms with Crippen LogP contribution in [0.2, 0.25) is 0 Å². The fourth-order valence-corrected chi connectivity index (χ4v) is 1.16. The second-order valence-corrected chi connectivity index (χ2v) is 3.47. The summed E-state index contributed by atoms with van der Waals surface area (Å²) in [5, 5.41) is 0. The topological polar surface area (TPSA) is 70.8 Å². The molecular weight excluding hydrogens is 210 g/mol. The molecular formula is C11H23NO4. The average molecular weight is 233 g/mol. The van der Waals surface area contributed by atoms with Crippen LogP contribution in [0.5, 0.6) is 0 Å². The maximum atomic E-state index is 11.4. The van der Waals surface area contributed by atoms with Crippen LogP contribution in [0.3, 0.4) is 0 Å². The minimum Gasteiger partial charge on any atom is -0.463 e. The second-order valence-electron chi connectivity index (χ2n) is 3.47. The van der Waals surface area contributed by atoms with Crippen LogP contribution in [-0.4, -0.2) is 46.1 Å². The van der Waals surface area contributed by atoms with Gasteiger partial charge in [-0.3, -0.25) is 4.79 Å². The number of carbonyl (C=O) groups is 1. The molecule has 0 spiro atoms. The molecule has 1 atom stereocenters. The smallest absolute Gasteiger partial charge is 0.310 e. The molecule has 0 saturated carbocycles. The molecule has 0 aliphatic rings. The summed E-state index contributed by atoms with van der Waals surface area (Å²) in [6.07, 6.45) is 1.56. The highest BCUT2D eigenvalue weighted by atomic mass is 16.6. The summed E-state index contributed by atoms with van der Waals surface area (Å²) in [4.78, 5) is 11.4. The van der Waals surface area contributed by atoms with Crippen LogP contribution >= 0.6 is 0 Å². The summed E-state index contributed by atoms with van der Waals surface area (Å²) in [7, 11) is 1.65. The van der Waals surface area contributed by atoms with Crippen LogP contribution in [0.4, 0.5) is 0 Å². The molecule has 0 aliphatic carbocycles. The zero-order valence-corrected chi connectivity index (χ0v) is 10.2. The third kappa shape index (κ3) is 7.62. The number of hydrogen-bond donors (Lipinski definition) is 1. The Kier molecular flexibility index (Phi) is 10.4. The predicted octanol–water partition coefficient (Wildman–Crippen LogP) is 0.568. The first-order valence-electron chi connectivity index (χ1n) is 5.69. The Labute approximate surface area is 97.2 Å². The Balaban J connectivity index is 3.33. The van der Waals surface area contributed by atoms with Crippen molar-refractivity contribution in [3.05, 3.63) is 0 Å². The summed E-state index contributed by atoms with van der Waals surface area (Å²) in [5.41, 5.74) is 5.42. The van der Waals surface area contributed by atoms with E-state index in [9.17, 15) is 4.79 Å². The van der Waals surface area contributed by atoms with Gasteiger partial charge in [0.25, 0.3) is 0 Å². The van der Waals surface area contributed by atoms with Crippen LogP contribution in [0.1, 0.15) is 19.8 Å². The molecule has 0 aromatic carbocycles. The van der Waals surface area contributed by atoms with Gasteiger partial charge in [-0.05, 0) is 12.8 Å². The SMILES string of the molecule is CCC(CN)C(=O)OCCOCCCOC. The molecule has 5 nitrogen and oxygen atoms in total. The van der Waals surface area contributed by atoms with Gasteiger partial charge < -0.3 is 19.9 Å². The highest BCUT2D eigenvalue weighted by Crippen LogP contribution is 2.02. The molecule has 0 radical (unpaired) electrons. The number of nitrogens with two attached hydrogens (primary N) is 1. The van der Waals surface area contributed by atoms with E-state index in [4.69, 9.17) is 19.9 Å². The van der Waals surface area contributed by atoms with Crippen LogP contribution in [-0.2, 0) is 19.0 Å². The molecule has 0 amide bonds. The molecule has 0 rings (SSSR count). The number of hydrogen-bond acceptors (Lipinski definition) is 5. The summed E-state index contributed by atoms with van der Waals surface area (Å²) < 4.78 is 15.1. The first-order chi connectivity index (χ1) is 7.76. The van der Waals surface area contributed by atoms with E-state index in [1.54, 1.807) is 7.11 Å². The van der Waals surface area contributed by atoms with Gasteiger partial charge in [-0.15, -0.1) is 0 Å². The average Bonchev–Trinajstić information content (AvgIpc) is 2.29. The molecule has 2 N–H and O–H groups in total. The minimum atomic E-state index is -0.231. The predicted molar refractivity (Wildman–Crippen MR) is 61.1 cm³/mol. The van der Waals surface area contributed by atoms with Gasteiger partial charge in [0.05, 0.1) is 12.5 Å². The number of methoxy groups -OCH3 is 1. The monoisotopic (exact) mass is 233 g/mol. The summed E-state index contributed by atoms with van der Waals surface area (Å²) >= 11 is 0. The minimum absolute atomic E-state index is 0.187. The van der Waals surface area contributed by atoms with Crippen molar-refractivity contribution < 1.29 is 19.0 Å². The van der Waals surface area contributed by atoms with Crippen molar-refractivity contribution in [2.45, 2.75) is 19.8 Å². The molecule has 0 bridgehead atoms. The second kappa shape index (κ2) is 10.9. The van der Waals surface area contributed by atoms with Crippen molar-refractivity contribution in [2.24, 2.45) is 11.7 Å². The molecule has 96 valence electrons. The van der Waals surface area contributed by atoms with Crippen LogP contribution < -0.4 is 5.73 Å². The Hall–Kier alpha value is -0.650. The highest BCUT2D eigenvalue weighted by molar-refractivity contribution is 5.72. The quantitative estimate of drug-likeness (QED) is 0.441. The lowest BCUT2D eigenvalue weighted by atomic mass is 10.1. The van der Waals surface area contributed by atoms with Crippen LogP contribution in [0.25, 0.3) is 0 Å².